The zero-order valence-electron chi connectivity index (χ0n) is 13.7. The second-order valence-corrected chi connectivity index (χ2v) is 6.51. The number of nitrogens with zero attached hydrogens (tertiary/aromatic N) is 2. The molecule has 4 aromatic carbocycles. The molecule has 2 heteroatoms. The van der Waals surface area contributed by atoms with Crippen molar-refractivity contribution in [2.75, 3.05) is 0 Å². The molecule has 24 heavy (non-hydrogen) atoms. The monoisotopic (exact) mass is 308 g/mol. The Kier molecular flexibility index (Phi) is 2.66. The van der Waals surface area contributed by atoms with Gasteiger partial charge < -0.3 is 0 Å². The smallest absolute Gasteiger partial charge is 0.0979 e. The first kappa shape index (κ1) is 13.4. The van der Waals surface area contributed by atoms with Crippen LogP contribution >= 0.6 is 0 Å². The van der Waals surface area contributed by atoms with E-state index in [9.17, 15) is 0 Å². The first-order valence-corrected chi connectivity index (χ1v) is 8.20. The highest BCUT2D eigenvalue weighted by atomic mass is 14.8. The molecule has 0 radical (unpaired) electrons. The number of fused-ring (bicyclic) bond motifs is 7. The summed E-state index contributed by atoms with van der Waals surface area (Å²) in [4.78, 5) is 9.89. The van der Waals surface area contributed by atoms with Crippen LogP contribution in [0.3, 0.4) is 0 Å². The van der Waals surface area contributed by atoms with Gasteiger partial charge in [0.15, 0.2) is 0 Å². The molecule has 0 saturated heterocycles. The summed E-state index contributed by atoms with van der Waals surface area (Å²) in [7, 11) is 0. The van der Waals surface area contributed by atoms with Crippen LogP contribution in [0.1, 0.15) is 11.1 Å². The SMILES string of the molecule is Cc1ccc2c(c1)c1cc(C)ccc1c1nc3ccccc3nc21. The third kappa shape index (κ3) is 1.83. The summed E-state index contributed by atoms with van der Waals surface area (Å²) in [6.45, 7) is 4.27. The molecule has 0 aliphatic carbocycles. The van der Waals surface area contributed by atoms with Gasteiger partial charge in [0.05, 0.1) is 22.1 Å². The first-order valence-electron chi connectivity index (χ1n) is 8.20. The minimum atomic E-state index is 0.943. The fourth-order valence-corrected chi connectivity index (χ4v) is 3.55. The van der Waals surface area contributed by atoms with Crippen molar-refractivity contribution in [2.45, 2.75) is 13.8 Å². The summed E-state index contributed by atoms with van der Waals surface area (Å²) in [6.07, 6.45) is 0. The van der Waals surface area contributed by atoms with E-state index in [0.717, 1.165) is 22.1 Å². The van der Waals surface area contributed by atoms with Crippen molar-refractivity contribution in [3.8, 4) is 0 Å². The highest BCUT2D eigenvalue weighted by molar-refractivity contribution is 6.24. The lowest BCUT2D eigenvalue weighted by atomic mass is 9.96. The van der Waals surface area contributed by atoms with Gasteiger partial charge in [0.25, 0.3) is 0 Å². The normalized spacial score (nSPS) is 11.8. The molecular weight excluding hydrogens is 292 g/mol. The van der Waals surface area contributed by atoms with Gasteiger partial charge in [-0.05, 0) is 36.8 Å². The van der Waals surface area contributed by atoms with E-state index in [2.05, 4.69) is 50.2 Å². The van der Waals surface area contributed by atoms with Crippen molar-refractivity contribution >= 4 is 43.6 Å². The van der Waals surface area contributed by atoms with E-state index in [1.165, 1.54) is 32.7 Å². The third-order valence-corrected chi connectivity index (χ3v) is 4.72. The van der Waals surface area contributed by atoms with Gasteiger partial charge in [0, 0.05) is 10.8 Å². The number of rotatable bonds is 0. The average Bonchev–Trinajstić information content (AvgIpc) is 2.60. The predicted molar refractivity (Wildman–Crippen MR) is 102 cm³/mol. The molecule has 0 atom stereocenters. The number of para-hydroxylation sites is 2. The highest BCUT2D eigenvalue weighted by Crippen LogP contribution is 2.35. The zero-order chi connectivity index (χ0) is 16.3. The summed E-state index contributed by atoms with van der Waals surface area (Å²) in [5.41, 5.74) is 6.38. The third-order valence-electron chi connectivity index (χ3n) is 4.72. The molecule has 5 rings (SSSR count). The Hall–Kier alpha value is -3.00. The van der Waals surface area contributed by atoms with Gasteiger partial charge >= 0.3 is 0 Å². The number of aryl methyl sites for hydroxylation is 2. The van der Waals surface area contributed by atoms with Gasteiger partial charge in [-0.15, -0.1) is 0 Å². The minimum absolute atomic E-state index is 0.943. The zero-order valence-corrected chi connectivity index (χ0v) is 13.7. The largest absolute Gasteiger partial charge is 0.244 e. The number of hydrogen-bond acceptors (Lipinski definition) is 2. The molecule has 0 N–H and O–H groups in total. The van der Waals surface area contributed by atoms with E-state index in [-0.39, 0.29) is 0 Å². The summed E-state index contributed by atoms with van der Waals surface area (Å²) < 4.78 is 0. The summed E-state index contributed by atoms with van der Waals surface area (Å²) in [5, 5.41) is 4.86. The molecule has 5 aromatic rings. The van der Waals surface area contributed by atoms with Crippen molar-refractivity contribution < 1.29 is 0 Å². The molecule has 0 fully saturated rings. The van der Waals surface area contributed by atoms with E-state index < -0.39 is 0 Å². The lowest BCUT2D eigenvalue weighted by Gasteiger charge is -2.11. The first-order chi connectivity index (χ1) is 11.7. The Balaban J connectivity index is 2.14. The van der Waals surface area contributed by atoms with Crippen molar-refractivity contribution in [3.63, 3.8) is 0 Å². The molecule has 2 nitrogen and oxygen atoms in total. The van der Waals surface area contributed by atoms with Gasteiger partial charge in [-0.3, -0.25) is 0 Å². The maximum atomic E-state index is 4.95. The molecule has 0 saturated carbocycles. The van der Waals surface area contributed by atoms with Gasteiger partial charge in [0.2, 0.25) is 0 Å². The lowest BCUT2D eigenvalue weighted by molar-refractivity contribution is 1.41. The Bertz CT molecular complexity index is 1170. The molecule has 0 amide bonds. The van der Waals surface area contributed by atoms with Crippen LogP contribution in [0.4, 0.5) is 0 Å². The van der Waals surface area contributed by atoms with Crippen LogP contribution in [0.5, 0.6) is 0 Å². The standard InChI is InChI=1S/C22H16N2/c1-13-7-9-15-17(11-13)18-12-14(2)8-10-16(18)22-21(15)23-19-5-3-4-6-20(19)24-22/h3-12H,1-2H3. The second-order valence-electron chi connectivity index (χ2n) is 6.51. The van der Waals surface area contributed by atoms with E-state index in [0.29, 0.717) is 0 Å². The molecule has 0 spiro atoms. The maximum Gasteiger partial charge on any atom is 0.0979 e. The molecule has 114 valence electrons. The van der Waals surface area contributed by atoms with Crippen LogP contribution in [0, 0.1) is 13.8 Å². The summed E-state index contributed by atoms with van der Waals surface area (Å²) in [6, 6.07) is 21.3. The van der Waals surface area contributed by atoms with E-state index in [4.69, 9.17) is 9.97 Å². The Labute approximate surface area is 139 Å². The van der Waals surface area contributed by atoms with Crippen molar-refractivity contribution in [2.24, 2.45) is 0 Å². The van der Waals surface area contributed by atoms with Crippen LogP contribution in [-0.4, -0.2) is 9.97 Å². The van der Waals surface area contributed by atoms with Crippen molar-refractivity contribution in [3.05, 3.63) is 71.8 Å². The highest BCUT2D eigenvalue weighted by Gasteiger charge is 2.12. The van der Waals surface area contributed by atoms with Gasteiger partial charge in [-0.25, -0.2) is 9.97 Å². The van der Waals surface area contributed by atoms with Gasteiger partial charge in [0.1, 0.15) is 0 Å². The molecule has 1 heterocycles. The Morgan fingerprint density at radius 1 is 0.542 bits per heavy atom. The van der Waals surface area contributed by atoms with Gasteiger partial charge in [-0.2, -0.15) is 0 Å². The second kappa shape index (κ2) is 4.75. The van der Waals surface area contributed by atoms with Gasteiger partial charge in [-0.1, -0.05) is 59.7 Å². The topological polar surface area (TPSA) is 25.8 Å². The van der Waals surface area contributed by atoms with Crippen LogP contribution < -0.4 is 0 Å². The van der Waals surface area contributed by atoms with E-state index in [1.54, 1.807) is 0 Å². The van der Waals surface area contributed by atoms with Crippen LogP contribution in [-0.2, 0) is 0 Å². The quantitative estimate of drug-likeness (QED) is 0.270. The maximum absolute atomic E-state index is 4.95. The van der Waals surface area contributed by atoms with Crippen LogP contribution in [0.2, 0.25) is 0 Å². The van der Waals surface area contributed by atoms with Crippen molar-refractivity contribution in [1.29, 1.82) is 0 Å². The average molecular weight is 308 g/mol. The van der Waals surface area contributed by atoms with E-state index in [1.807, 2.05) is 24.3 Å². The molecule has 1 aromatic heterocycles. The molecule has 0 unspecified atom stereocenters. The van der Waals surface area contributed by atoms with Crippen LogP contribution in [0.15, 0.2) is 60.7 Å². The molecule has 0 bridgehead atoms. The number of hydrogen-bond donors (Lipinski definition) is 0. The Morgan fingerprint density at radius 2 is 1.00 bits per heavy atom. The lowest BCUT2D eigenvalue weighted by Crippen LogP contribution is -1.92. The van der Waals surface area contributed by atoms with Crippen molar-refractivity contribution in [1.82, 2.24) is 9.97 Å². The number of benzene rings is 4. The fourth-order valence-electron chi connectivity index (χ4n) is 3.55. The van der Waals surface area contributed by atoms with Crippen LogP contribution in [0.25, 0.3) is 43.6 Å². The fraction of sp³-hybridized carbons (Fsp3) is 0.0909. The molecular formula is C22H16N2. The summed E-state index contributed by atoms with van der Waals surface area (Å²) >= 11 is 0. The van der Waals surface area contributed by atoms with E-state index >= 15 is 0 Å². The summed E-state index contributed by atoms with van der Waals surface area (Å²) in [5.74, 6) is 0. The minimum Gasteiger partial charge on any atom is -0.244 e. The number of aromatic nitrogens is 2. The predicted octanol–water partition coefficient (Wildman–Crippen LogP) is 5.71. The molecule has 0 aliphatic heterocycles. The Morgan fingerprint density at radius 3 is 1.46 bits per heavy atom. The molecule has 0 aliphatic rings.